The molecule has 0 bridgehead atoms. The zero-order valence-electron chi connectivity index (χ0n) is 8.99. The summed E-state index contributed by atoms with van der Waals surface area (Å²) < 4.78 is 41.5. The lowest BCUT2D eigenvalue weighted by Crippen LogP contribution is -2.33. The maximum absolute atomic E-state index is 12.4. The Bertz CT molecular complexity index is 407. The number of alkyl halides is 3. The minimum Gasteiger partial charge on any atom is -0.468 e. The first-order valence-electron chi connectivity index (χ1n) is 4.69. The third-order valence-electron chi connectivity index (χ3n) is 2.08. The van der Waals surface area contributed by atoms with Gasteiger partial charge >= 0.3 is 12.1 Å². The number of hydrogen-bond donors (Lipinski definition) is 1. The maximum Gasteiger partial charge on any atom is 0.417 e. The van der Waals surface area contributed by atoms with Gasteiger partial charge in [-0.1, -0.05) is 0 Å². The van der Waals surface area contributed by atoms with Gasteiger partial charge in [0.25, 0.3) is 0 Å². The lowest BCUT2D eigenvalue weighted by Gasteiger charge is -2.11. The minimum absolute atomic E-state index is 0.0520. The average molecular weight is 248 g/mol. The molecule has 0 aliphatic carbocycles. The highest BCUT2D eigenvalue weighted by Crippen LogP contribution is 2.29. The van der Waals surface area contributed by atoms with Crippen LogP contribution in [0.3, 0.4) is 0 Å². The highest BCUT2D eigenvalue weighted by atomic mass is 19.4. The van der Waals surface area contributed by atoms with Crippen LogP contribution in [0.1, 0.15) is 11.1 Å². The summed E-state index contributed by atoms with van der Waals surface area (Å²) in [6, 6.07) is -0.0826. The van der Waals surface area contributed by atoms with E-state index < -0.39 is 23.8 Å². The van der Waals surface area contributed by atoms with Crippen molar-refractivity contribution in [1.82, 2.24) is 4.98 Å². The van der Waals surface area contributed by atoms with E-state index in [-0.39, 0.29) is 12.0 Å². The first-order chi connectivity index (χ1) is 7.84. The monoisotopic (exact) mass is 248 g/mol. The number of ether oxygens (including phenoxy) is 1. The first kappa shape index (κ1) is 13.4. The van der Waals surface area contributed by atoms with Gasteiger partial charge in [-0.15, -0.1) is 0 Å². The van der Waals surface area contributed by atoms with Crippen LogP contribution in [-0.4, -0.2) is 24.1 Å². The van der Waals surface area contributed by atoms with Crippen molar-refractivity contribution >= 4 is 5.97 Å². The van der Waals surface area contributed by atoms with Crippen LogP contribution in [0.15, 0.2) is 18.5 Å². The quantitative estimate of drug-likeness (QED) is 0.815. The van der Waals surface area contributed by atoms with Crippen LogP contribution in [0.25, 0.3) is 0 Å². The highest BCUT2D eigenvalue weighted by molar-refractivity contribution is 5.75. The number of hydrogen-bond acceptors (Lipinski definition) is 4. The van der Waals surface area contributed by atoms with Crippen molar-refractivity contribution in [3.05, 3.63) is 29.6 Å². The number of carbonyl (C=O) groups excluding carboxylic acids is 1. The summed E-state index contributed by atoms with van der Waals surface area (Å²) in [6.07, 6.45) is -2.56. The predicted octanol–water partition coefficient (Wildman–Crippen LogP) is 1.14. The van der Waals surface area contributed by atoms with Gasteiger partial charge in [0.15, 0.2) is 0 Å². The lowest BCUT2D eigenvalue weighted by molar-refractivity contribution is -0.142. The van der Waals surface area contributed by atoms with E-state index in [9.17, 15) is 18.0 Å². The molecule has 0 aromatic carbocycles. The van der Waals surface area contributed by atoms with Crippen molar-refractivity contribution in [1.29, 1.82) is 0 Å². The van der Waals surface area contributed by atoms with Gasteiger partial charge in [-0.2, -0.15) is 13.2 Å². The van der Waals surface area contributed by atoms with Gasteiger partial charge in [-0.05, 0) is 18.1 Å². The number of halogens is 3. The van der Waals surface area contributed by atoms with E-state index in [0.717, 1.165) is 13.2 Å². The minimum atomic E-state index is -4.46. The van der Waals surface area contributed by atoms with Crippen LogP contribution in [0.2, 0.25) is 0 Å². The molecule has 0 aliphatic heterocycles. The van der Waals surface area contributed by atoms with Gasteiger partial charge < -0.3 is 10.5 Å². The Morgan fingerprint density at radius 2 is 2.18 bits per heavy atom. The second-order valence-corrected chi connectivity index (χ2v) is 3.41. The largest absolute Gasteiger partial charge is 0.468 e. The summed E-state index contributed by atoms with van der Waals surface area (Å²) in [4.78, 5) is 14.5. The summed E-state index contributed by atoms with van der Waals surface area (Å²) >= 11 is 0. The number of rotatable bonds is 3. The van der Waals surface area contributed by atoms with Crippen molar-refractivity contribution in [2.45, 2.75) is 18.6 Å². The standard InChI is InChI=1S/C10H11F3N2O2/c1-17-9(16)8(14)3-6-2-7(5-15-4-6)10(11,12)13/h2,4-5,8H,3,14H2,1H3. The zero-order valence-corrected chi connectivity index (χ0v) is 8.99. The third kappa shape index (κ3) is 3.70. The van der Waals surface area contributed by atoms with Gasteiger partial charge in [0.2, 0.25) is 0 Å². The normalized spacial score (nSPS) is 13.2. The van der Waals surface area contributed by atoms with E-state index in [1.165, 1.54) is 6.20 Å². The number of nitrogens with zero attached hydrogens (tertiary/aromatic N) is 1. The Hall–Kier alpha value is -1.63. The maximum atomic E-state index is 12.4. The Kier molecular flexibility index (Phi) is 4.06. The molecule has 2 N–H and O–H groups in total. The molecule has 94 valence electrons. The van der Waals surface area contributed by atoms with E-state index in [2.05, 4.69) is 9.72 Å². The molecular weight excluding hydrogens is 237 g/mol. The Morgan fingerprint density at radius 3 is 2.71 bits per heavy atom. The average Bonchev–Trinajstić information content (AvgIpc) is 2.27. The van der Waals surface area contributed by atoms with Gasteiger partial charge in [0, 0.05) is 12.4 Å². The summed E-state index contributed by atoms with van der Waals surface area (Å²) in [5.41, 5.74) is 4.80. The Morgan fingerprint density at radius 1 is 1.53 bits per heavy atom. The molecular formula is C10H11F3N2O2. The van der Waals surface area contributed by atoms with Crippen LogP contribution in [-0.2, 0) is 22.1 Å². The molecule has 1 atom stereocenters. The molecule has 1 heterocycles. The molecule has 1 aromatic rings. The van der Waals surface area contributed by atoms with E-state index in [1.54, 1.807) is 0 Å². The summed E-state index contributed by atoms with van der Waals surface area (Å²) in [7, 11) is 1.16. The SMILES string of the molecule is COC(=O)C(N)Cc1cncc(C(F)(F)F)c1. The molecule has 1 unspecified atom stereocenters. The van der Waals surface area contributed by atoms with Gasteiger partial charge in [-0.3, -0.25) is 9.78 Å². The fourth-order valence-electron chi connectivity index (χ4n) is 1.24. The molecule has 0 amide bonds. The van der Waals surface area contributed by atoms with Crippen molar-refractivity contribution in [3.8, 4) is 0 Å². The molecule has 0 radical (unpaired) electrons. The molecule has 1 rings (SSSR count). The number of methoxy groups -OCH3 is 1. The van der Waals surface area contributed by atoms with E-state index >= 15 is 0 Å². The summed E-state index contributed by atoms with van der Waals surface area (Å²) in [5, 5.41) is 0. The van der Waals surface area contributed by atoms with Crippen molar-refractivity contribution in [3.63, 3.8) is 0 Å². The fourth-order valence-corrected chi connectivity index (χ4v) is 1.24. The zero-order chi connectivity index (χ0) is 13.1. The van der Waals surface area contributed by atoms with Crippen molar-refractivity contribution < 1.29 is 22.7 Å². The second-order valence-electron chi connectivity index (χ2n) is 3.41. The van der Waals surface area contributed by atoms with Crippen molar-refractivity contribution in [2.24, 2.45) is 5.73 Å². The second kappa shape index (κ2) is 5.13. The number of nitrogens with two attached hydrogens (primary N) is 1. The molecule has 17 heavy (non-hydrogen) atoms. The smallest absolute Gasteiger partial charge is 0.417 e. The molecule has 1 aromatic heterocycles. The fraction of sp³-hybridized carbons (Fsp3) is 0.400. The van der Waals surface area contributed by atoms with Crippen LogP contribution < -0.4 is 5.73 Å². The van der Waals surface area contributed by atoms with Crippen LogP contribution >= 0.6 is 0 Å². The Labute approximate surface area is 95.6 Å². The van der Waals surface area contributed by atoms with Gasteiger partial charge in [0.1, 0.15) is 6.04 Å². The molecule has 0 saturated carbocycles. The molecule has 0 spiro atoms. The topological polar surface area (TPSA) is 65.2 Å². The van der Waals surface area contributed by atoms with Crippen LogP contribution in [0, 0.1) is 0 Å². The van der Waals surface area contributed by atoms with E-state index in [4.69, 9.17) is 5.73 Å². The predicted molar refractivity (Wildman–Crippen MR) is 52.9 cm³/mol. The highest BCUT2D eigenvalue weighted by Gasteiger charge is 2.31. The van der Waals surface area contributed by atoms with Crippen molar-refractivity contribution in [2.75, 3.05) is 7.11 Å². The summed E-state index contributed by atoms with van der Waals surface area (Å²) in [6.45, 7) is 0. The van der Waals surface area contributed by atoms with E-state index in [0.29, 0.717) is 6.20 Å². The summed E-state index contributed by atoms with van der Waals surface area (Å²) in [5.74, 6) is -0.678. The number of carbonyl (C=O) groups is 1. The number of esters is 1. The molecule has 7 heteroatoms. The third-order valence-corrected chi connectivity index (χ3v) is 2.08. The Balaban J connectivity index is 2.83. The van der Waals surface area contributed by atoms with Crippen LogP contribution in [0.4, 0.5) is 13.2 Å². The van der Waals surface area contributed by atoms with Crippen LogP contribution in [0.5, 0.6) is 0 Å². The number of pyridine rings is 1. The number of aromatic nitrogens is 1. The first-order valence-corrected chi connectivity index (χ1v) is 4.69. The molecule has 0 fully saturated rings. The van der Waals surface area contributed by atoms with Gasteiger partial charge in [0.05, 0.1) is 12.7 Å². The molecule has 0 saturated heterocycles. The van der Waals surface area contributed by atoms with Gasteiger partial charge in [-0.25, -0.2) is 0 Å². The molecule has 0 aliphatic rings. The lowest BCUT2D eigenvalue weighted by atomic mass is 10.1. The molecule has 4 nitrogen and oxygen atoms in total. The van der Waals surface area contributed by atoms with E-state index in [1.807, 2.05) is 0 Å².